The number of anilines is 1. The van der Waals surface area contributed by atoms with Gasteiger partial charge in [0.05, 0.1) is 0 Å². The van der Waals surface area contributed by atoms with Gasteiger partial charge >= 0.3 is 0 Å². The van der Waals surface area contributed by atoms with Gasteiger partial charge in [0.2, 0.25) is 5.95 Å². The molecule has 0 saturated heterocycles. The van der Waals surface area contributed by atoms with Crippen molar-refractivity contribution in [2.45, 2.75) is 34.1 Å². The summed E-state index contributed by atoms with van der Waals surface area (Å²) in [6, 6.07) is 0. The van der Waals surface area contributed by atoms with Crippen molar-refractivity contribution < 1.29 is 0 Å². The molecule has 0 aliphatic heterocycles. The van der Waals surface area contributed by atoms with E-state index in [4.69, 9.17) is 5.73 Å². The molecule has 0 spiro atoms. The number of rotatable bonds is 2. The Morgan fingerprint density at radius 3 is 2.00 bits per heavy atom. The van der Waals surface area contributed by atoms with E-state index in [0.717, 1.165) is 17.8 Å². The van der Waals surface area contributed by atoms with Crippen molar-refractivity contribution in [1.29, 1.82) is 0 Å². The van der Waals surface area contributed by atoms with E-state index >= 15 is 0 Å². The summed E-state index contributed by atoms with van der Waals surface area (Å²) in [5, 5.41) is 0. The van der Waals surface area contributed by atoms with Crippen LogP contribution in [0.5, 0.6) is 0 Å². The van der Waals surface area contributed by atoms with Crippen molar-refractivity contribution in [2.24, 2.45) is 5.92 Å². The molecule has 0 aromatic carbocycles. The van der Waals surface area contributed by atoms with Crippen LogP contribution in [0.1, 0.15) is 30.8 Å². The maximum absolute atomic E-state index is 5.54. The Morgan fingerprint density at radius 1 is 1.15 bits per heavy atom. The van der Waals surface area contributed by atoms with E-state index in [0.29, 0.717) is 11.9 Å². The standard InChI is InChI=1S/C10H17N3/c1-6(2)5-9-7(3)12-10(11)13-8(9)4/h6H,5H2,1-4H3,(H2,11,12,13). The largest absolute Gasteiger partial charge is 0.368 e. The summed E-state index contributed by atoms with van der Waals surface area (Å²) >= 11 is 0. The quantitative estimate of drug-likeness (QED) is 0.754. The highest BCUT2D eigenvalue weighted by Gasteiger charge is 2.08. The van der Waals surface area contributed by atoms with Crippen LogP contribution in [0.3, 0.4) is 0 Å². The maximum Gasteiger partial charge on any atom is 0.220 e. The molecule has 0 unspecified atom stereocenters. The molecular formula is C10H17N3. The van der Waals surface area contributed by atoms with Crippen LogP contribution >= 0.6 is 0 Å². The van der Waals surface area contributed by atoms with Gasteiger partial charge in [0.1, 0.15) is 0 Å². The Kier molecular flexibility index (Phi) is 2.86. The van der Waals surface area contributed by atoms with Gasteiger partial charge in [-0.1, -0.05) is 13.8 Å². The van der Waals surface area contributed by atoms with Crippen molar-refractivity contribution in [3.05, 3.63) is 17.0 Å². The topological polar surface area (TPSA) is 51.8 Å². The van der Waals surface area contributed by atoms with E-state index in [9.17, 15) is 0 Å². The van der Waals surface area contributed by atoms with Gasteiger partial charge in [0.15, 0.2) is 0 Å². The summed E-state index contributed by atoms with van der Waals surface area (Å²) in [5.74, 6) is 1.01. The second-order valence-electron chi connectivity index (χ2n) is 3.83. The van der Waals surface area contributed by atoms with E-state index in [1.165, 1.54) is 5.56 Å². The third-order valence-electron chi connectivity index (χ3n) is 2.05. The average molecular weight is 179 g/mol. The van der Waals surface area contributed by atoms with Crippen molar-refractivity contribution in [3.63, 3.8) is 0 Å². The van der Waals surface area contributed by atoms with E-state index in [2.05, 4.69) is 23.8 Å². The maximum atomic E-state index is 5.54. The lowest BCUT2D eigenvalue weighted by molar-refractivity contribution is 0.637. The molecule has 3 heteroatoms. The Balaban J connectivity index is 3.06. The number of aryl methyl sites for hydroxylation is 2. The minimum absolute atomic E-state index is 0.377. The fraction of sp³-hybridized carbons (Fsp3) is 0.600. The predicted octanol–water partition coefficient (Wildman–Crippen LogP) is 1.87. The second-order valence-corrected chi connectivity index (χ2v) is 3.83. The minimum atomic E-state index is 0.377. The molecule has 0 fully saturated rings. The van der Waals surface area contributed by atoms with Crippen LogP contribution < -0.4 is 5.73 Å². The van der Waals surface area contributed by atoms with E-state index in [1.54, 1.807) is 0 Å². The first-order valence-electron chi connectivity index (χ1n) is 4.60. The Morgan fingerprint density at radius 2 is 1.62 bits per heavy atom. The normalized spacial score (nSPS) is 10.8. The average Bonchev–Trinajstić information content (AvgIpc) is 1.96. The summed E-state index contributed by atoms with van der Waals surface area (Å²) in [6.45, 7) is 8.36. The zero-order chi connectivity index (χ0) is 10.0. The first-order chi connectivity index (χ1) is 6.00. The molecule has 0 radical (unpaired) electrons. The molecular weight excluding hydrogens is 162 g/mol. The monoisotopic (exact) mass is 179 g/mol. The van der Waals surface area contributed by atoms with E-state index in [-0.39, 0.29) is 0 Å². The highest BCUT2D eigenvalue weighted by molar-refractivity contribution is 5.30. The lowest BCUT2D eigenvalue weighted by Crippen LogP contribution is -2.07. The zero-order valence-corrected chi connectivity index (χ0v) is 8.76. The molecule has 2 N–H and O–H groups in total. The van der Waals surface area contributed by atoms with Crippen LogP contribution in [0.15, 0.2) is 0 Å². The Labute approximate surface area is 79.4 Å². The highest BCUT2D eigenvalue weighted by atomic mass is 15.0. The van der Waals surface area contributed by atoms with Crippen molar-refractivity contribution in [2.75, 3.05) is 5.73 Å². The number of hydrogen-bond acceptors (Lipinski definition) is 3. The first-order valence-corrected chi connectivity index (χ1v) is 4.60. The third-order valence-corrected chi connectivity index (χ3v) is 2.05. The van der Waals surface area contributed by atoms with Gasteiger partial charge in [-0.15, -0.1) is 0 Å². The van der Waals surface area contributed by atoms with E-state index in [1.807, 2.05) is 13.8 Å². The summed E-state index contributed by atoms with van der Waals surface area (Å²) in [6.07, 6.45) is 1.03. The summed E-state index contributed by atoms with van der Waals surface area (Å²) in [4.78, 5) is 8.31. The number of hydrogen-bond donors (Lipinski definition) is 1. The summed E-state index contributed by atoms with van der Waals surface area (Å²) < 4.78 is 0. The third kappa shape index (κ3) is 2.41. The molecule has 0 saturated carbocycles. The van der Waals surface area contributed by atoms with Crippen LogP contribution in [0, 0.1) is 19.8 Å². The van der Waals surface area contributed by atoms with Gasteiger partial charge in [-0.05, 0) is 31.7 Å². The summed E-state index contributed by atoms with van der Waals surface area (Å²) in [7, 11) is 0. The molecule has 0 bridgehead atoms. The fourth-order valence-electron chi connectivity index (χ4n) is 1.47. The number of nitrogen functional groups attached to an aromatic ring is 1. The Hall–Kier alpha value is -1.12. The van der Waals surface area contributed by atoms with Crippen LogP contribution in [0.2, 0.25) is 0 Å². The molecule has 13 heavy (non-hydrogen) atoms. The number of nitrogens with two attached hydrogens (primary N) is 1. The SMILES string of the molecule is Cc1nc(N)nc(C)c1CC(C)C. The molecule has 72 valence electrons. The molecule has 1 rings (SSSR count). The van der Waals surface area contributed by atoms with Crippen molar-refractivity contribution >= 4 is 5.95 Å². The first kappa shape index (κ1) is 9.96. The smallest absolute Gasteiger partial charge is 0.220 e. The van der Waals surface area contributed by atoms with Crippen LogP contribution in [-0.2, 0) is 6.42 Å². The van der Waals surface area contributed by atoms with Crippen molar-refractivity contribution in [3.8, 4) is 0 Å². The predicted molar refractivity (Wildman–Crippen MR) is 54.5 cm³/mol. The van der Waals surface area contributed by atoms with E-state index < -0.39 is 0 Å². The van der Waals surface area contributed by atoms with Gasteiger partial charge in [-0.25, -0.2) is 9.97 Å². The van der Waals surface area contributed by atoms with Crippen LogP contribution in [0.25, 0.3) is 0 Å². The molecule has 1 heterocycles. The lowest BCUT2D eigenvalue weighted by atomic mass is 10.0. The molecule has 0 amide bonds. The zero-order valence-electron chi connectivity index (χ0n) is 8.76. The van der Waals surface area contributed by atoms with Gasteiger partial charge in [0, 0.05) is 11.4 Å². The summed E-state index contributed by atoms with van der Waals surface area (Å²) in [5.41, 5.74) is 8.80. The number of nitrogens with zero attached hydrogens (tertiary/aromatic N) is 2. The van der Waals surface area contributed by atoms with Gasteiger partial charge < -0.3 is 5.73 Å². The second kappa shape index (κ2) is 3.73. The fourth-order valence-corrected chi connectivity index (χ4v) is 1.47. The van der Waals surface area contributed by atoms with Crippen LogP contribution in [0.4, 0.5) is 5.95 Å². The van der Waals surface area contributed by atoms with Gasteiger partial charge in [-0.2, -0.15) is 0 Å². The lowest BCUT2D eigenvalue weighted by Gasteiger charge is -2.10. The molecule has 1 aromatic rings. The number of aromatic nitrogens is 2. The molecule has 0 atom stereocenters. The molecule has 1 aromatic heterocycles. The molecule has 3 nitrogen and oxygen atoms in total. The minimum Gasteiger partial charge on any atom is -0.368 e. The van der Waals surface area contributed by atoms with Gasteiger partial charge in [0.25, 0.3) is 0 Å². The van der Waals surface area contributed by atoms with Crippen molar-refractivity contribution in [1.82, 2.24) is 9.97 Å². The highest BCUT2D eigenvalue weighted by Crippen LogP contribution is 2.15. The Bertz CT molecular complexity index is 282. The molecule has 0 aliphatic rings. The van der Waals surface area contributed by atoms with Gasteiger partial charge in [-0.3, -0.25) is 0 Å². The molecule has 0 aliphatic carbocycles. The van der Waals surface area contributed by atoms with Crippen LogP contribution in [-0.4, -0.2) is 9.97 Å².